The lowest BCUT2D eigenvalue weighted by atomic mass is 9.91. The average molecular weight is 438 g/mol. The van der Waals surface area contributed by atoms with Crippen molar-refractivity contribution in [3.05, 3.63) is 69.2 Å². The van der Waals surface area contributed by atoms with Gasteiger partial charge in [0, 0.05) is 23.7 Å². The van der Waals surface area contributed by atoms with E-state index in [1.165, 1.54) is 55.5 Å². The highest BCUT2D eigenvalue weighted by molar-refractivity contribution is 7.91. The number of imide groups is 1. The van der Waals surface area contributed by atoms with Crippen molar-refractivity contribution < 1.29 is 22.9 Å². The van der Waals surface area contributed by atoms with Crippen LogP contribution in [-0.4, -0.2) is 42.5 Å². The van der Waals surface area contributed by atoms with Gasteiger partial charge in [-0.1, -0.05) is 23.7 Å². The molecule has 0 spiro atoms. The first-order valence-electron chi connectivity index (χ1n) is 8.42. The van der Waals surface area contributed by atoms with Crippen LogP contribution in [0.3, 0.4) is 0 Å². The summed E-state index contributed by atoms with van der Waals surface area (Å²) in [5, 5.41) is 13.9. The zero-order valence-electron chi connectivity index (χ0n) is 15.2. The minimum Gasteiger partial charge on any atom is -0.319 e. The number of carbonyl (C=O) groups is 2. The maximum atomic E-state index is 12.9. The van der Waals surface area contributed by atoms with Crippen molar-refractivity contribution in [1.29, 1.82) is 0 Å². The van der Waals surface area contributed by atoms with E-state index in [1.807, 2.05) is 0 Å². The summed E-state index contributed by atoms with van der Waals surface area (Å²) in [6.07, 6.45) is 0. The molecule has 0 bridgehead atoms. The molecular weight excluding hydrogens is 422 g/mol. The minimum atomic E-state index is -3.75. The molecule has 1 unspecified atom stereocenters. The second kappa shape index (κ2) is 7.45. The number of nitrogens with zero attached hydrogens (tertiary/aromatic N) is 2. The van der Waals surface area contributed by atoms with Crippen LogP contribution in [0.4, 0.5) is 10.5 Å². The van der Waals surface area contributed by atoms with Gasteiger partial charge in [0.25, 0.3) is 11.6 Å². The molecule has 0 radical (unpaired) electrons. The summed E-state index contributed by atoms with van der Waals surface area (Å²) in [5.74, 6) is -1.16. The standard InChI is InChI=1S/C18H16ClN3O6S/c1-18(12-3-2-4-14(11-12)22(25)26)16(23)21(17(24)20-18)9-10-29(27,28)15-7-5-13(19)6-8-15/h2-8,11H,9-10H2,1H3,(H,20,24). The molecule has 1 aliphatic rings. The predicted molar refractivity (Wildman–Crippen MR) is 104 cm³/mol. The second-order valence-corrected chi connectivity index (χ2v) is 9.14. The van der Waals surface area contributed by atoms with Gasteiger partial charge in [0.05, 0.1) is 15.6 Å². The number of nitro groups is 1. The molecule has 3 rings (SSSR count). The molecule has 0 aliphatic carbocycles. The van der Waals surface area contributed by atoms with Gasteiger partial charge in [0.1, 0.15) is 5.54 Å². The number of nitrogens with one attached hydrogen (secondary N) is 1. The number of hydrogen-bond donors (Lipinski definition) is 1. The maximum absolute atomic E-state index is 12.9. The number of halogens is 1. The van der Waals surface area contributed by atoms with E-state index in [-0.39, 0.29) is 22.7 Å². The van der Waals surface area contributed by atoms with Crippen LogP contribution in [0.15, 0.2) is 53.4 Å². The van der Waals surface area contributed by atoms with Gasteiger partial charge in [0.2, 0.25) is 0 Å². The molecule has 2 aromatic rings. The third kappa shape index (κ3) is 3.94. The SMILES string of the molecule is CC1(c2cccc([N+](=O)[O-])c2)NC(=O)N(CCS(=O)(=O)c2ccc(Cl)cc2)C1=O. The van der Waals surface area contributed by atoms with E-state index in [0.29, 0.717) is 5.02 Å². The van der Waals surface area contributed by atoms with Crippen molar-refractivity contribution in [2.24, 2.45) is 0 Å². The lowest BCUT2D eigenvalue weighted by Gasteiger charge is -2.22. The summed E-state index contributed by atoms with van der Waals surface area (Å²) in [4.78, 5) is 36.4. The molecule has 1 N–H and O–H groups in total. The van der Waals surface area contributed by atoms with Gasteiger partial charge in [-0.2, -0.15) is 0 Å². The van der Waals surface area contributed by atoms with E-state index in [2.05, 4.69) is 5.32 Å². The predicted octanol–water partition coefficient (Wildman–Crippen LogP) is 2.49. The van der Waals surface area contributed by atoms with Gasteiger partial charge in [0.15, 0.2) is 9.84 Å². The topological polar surface area (TPSA) is 127 Å². The van der Waals surface area contributed by atoms with Crippen LogP contribution in [0.5, 0.6) is 0 Å². The third-order valence-corrected chi connectivity index (χ3v) is 6.63. The van der Waals surface area contributed by atoms with Crippen LogP contribution in [0.25, 0.3) is 0 Å². The number of nitro benzene ring substituents is 1. The van der Waals surface area contributed by atoms with Crippen molar-refractivity contribution in [2.45, 2.75) is 17.4 Å². The average Bonchev–Trinajstić information content (AvgIpc) is 2.90. The van der Waals surface area contributed by atoms with Gasteiger partial charge in [-0.3, -0.25) is 19.8 Å². The van der Waals surface area contributed by atoms with Crippen LogP contribution in [0.2, 0.25) is 5.02 Å². The summed E-state index contributed by atoms with van der Waals surface area (Å²) in [6.45, 7) is 1.06. The monoisotopic (exact) mass is 437 g/mol. The molecule has 2 aromatic carbocycles. The Bertz CT molecular complexity index is 1100. The molecule has 29 heavy (non-hydrogen) atoms. The first-order chi connectivity index (χ1) is 13.5. The highest BCUT2D eigenvalue weighted by Gasteiger charge is 2.49. The van der Waals surface area contributed by atoms with Crippen LogP contribution >= 0.6 is 11.6 Å². The summed E-state index contributed by atoms with van der Waals surface area (Å²) >= 11 is 5.76. The summed E-state index contributed by atoms with van der Waals surface area (Å²) in [7, 11) is -3.75. The molecule has 1 fully saturated rings. The molecule has 1 heterocycles. The lowest BCUT2D eigenvalue weighted by Crippen LogP contribution is -2.41. The molecule has 3 amide bonds. The number of non-ortho nitro benzene ring substituents is 1. The molecule has 152 valence electrons. The number of benzene rings is 2. The van der Waals surface area contributed by atoms with Gasteiger partial charge in [-0.25, -0.2) is 13.2 Å². The summed E-state index contributed by atoms with van der Waals surface area (Å²) < 4.78 is 25.0. The Morgan fingerprint density at radius 1 is 1.17 bits per heavy atom. The molecule has 0 aromatic heterocycles. The molecule has 0 saturated carbocycles. The first kappa shape index (κ1) is 20.7. The van der Waals surface area contributed by atoms with E-state index in [9.17, 15) is 28.1 Å². The van der Waals surface area contributed by atoms with E-state index in [0.717, 1.165) is 4.90 Å². The fraction of sp³-hybridized carbons (Fsp3) is 0.222. The van der Waals surface area contributed by atoms with E-state index in [4.69, 9.17) is 11.6 Å². The zero-order valence-corrected chi connectivity index (χ0v) is 16.7. The Labute approximate surface area is 171 Å². The number of sulfone groups is 1. The normalized spacial score (nSPS) is 19.3. The molecule has 1 atom stereocenters. The smallest absolute Gasteiger partial charge is 0.319 e. The van der Waals surface area contributed by atoms with Crippen molar-refractivity contribution in [2.75, 3.05) is 12.3 Å². The molecule has 11 heteroatoms. The Morgan fingerprint density at radius 2 is 1.83 bits per heavy atom. The summed E-state index contributed by atoms with van der Waals surface area (Å²) in [6, 6.07) is 10.1. The third-order valence-electron chi connectivity index (χ3n) is 4.67. The Balaban J connectivity index is 1.81. The van der Waals surface area contributed by atoms with Crippen molar-refractivity contribution >= 4 is 39.1 Å². The highest BCUT2D eigenvalue weighted by Crippen LogP contribution is 2.31. The van der Waals surface area contributed by atoms with Gasteiger partial charge >= 0.3 is 6.03 Å². The quantitative estimate of drug-likeness (QED) is 0.420. The Morgan fingerprint density at radius 3 is 2.45 bits per heavy atom. The van der Waals surface area contributed by atoms with Crippen molar-refractivity contribution in [3.8, 4) is 0 Å². The lowest BCUT2D eigenvalue weighted by molar-refractivity contribution is -0.385. The number of carbonyl (C=O) groups excluding carboxylic acids is 2. The van der Waals surface area contributed by atoms with Crippen LogP contribution in [0, 0.1) is 10.1 Å². The van der Waals surface area contributed by atoms with Crippen LogP contribution in [-0.2, 0) is 20.2 Å². The molecule has 1 saturated heterocycles. The van der Waals surface area contributed by atoms with E-state index < -0.39 is 38.0 Å². The van der Waals surface area contributed by atoms with Gasteiger partial charge < -0.3 is 5.32 Å². The Kier molecular flexibility index (Phi) is 5.33. The first-order valence-corrected chi connectivity index (χ1v) is 10.4. The molecular formula is C18H16ClN3O6S. The van der Waals surface area contributed by atoms with E-state index in [1.54, 1.807) is 0 Å². The van der Waals surface area contributed by atoms with E-state index >= 15 is 0 Å². The van der Waals surface area contributed by atoms with Crippen molar-refractivity contribution in [3.63, 3.8) is 0 Å². The maximum Gasteiger partial charge on any atom is 0.325 e. The zero-order chi connectivity index (χ0) is 21.4. The summed E-state index contributed by atoms with van der Waals surface area (Å²) in [5.41, 5.74) is -1.53. The second-order valence-electron chi connectivity index (χ2n) is 6.59. The van der Waals surface area contributed by atoms with Gasteiger partial charge in [-0.15, -0.1) is 0 Å². The van der Waals surface area contributed by atoms with Crippen LogP contribution in [0.1, 0.15) is 12.5 Å². The number of hydrogen-bond acceptors (Lipinski definition) is 6. The molecule has 9 nitrogen and oxygen atoms in total. The Hall–Kier alpha value is -2.98. The fourth-order valence-corrected chi connectivity index (χ4v) is 4.33. The number of urea groups is 1. The van der Waals surface area contributed by atoms with Gasteiger partial charge in [-0.05, 0) is 36.8 Å². The number of rotatable bonds is 6. The van der Waals surface area contributed by atoms with Crippen molar-refractivity contribution in [1.82, 2.24) is 10.2 Å². The van der Waals surface area contributed by atoms with Crippen LogP contribution < -0.4 is 5.32 Å². The molecule has 1 aliphatic heterocycles. The number of amides is 3. The minimum absolute atomic E-state index is 0.0235. The fourth-order valence-electron chi connectivity index (χ4n) is 3.00. The largest absolute Gasteiger partial charge is 0.325 e. The highest BCUT2D eigenvalue weighted by atomic mass is 35.5.